The topological polar surface area (TPSA) is 163 Å². The molecule has 0 bridgehead atoms. The summed E-state index contributed by atoms with van der Waals surface area (Å²) in [5, 5.41) is 26.0. The minimum absolute atomic E-state index is 0.146. The second-order valence-electron chi connectivity index (χ2n) is 6.86. The molecule has 0 unspecified atom stereocenters. The Morgan fingerprint density at radius 3 is 2.55 bits per heavy atom. The van der Waals surface area contributed by atoms with Crippen molar-refractivity contribution < 1.29 is 14.8 Å². The number of carbonyl (C=O) groups excluding carboxylic acids is 1. The number of aromatic nitrogens is 3. The van der Waals surface area contributed by atoms with Crippen LogP contribution in [-0.4, -0.2) is 36.6 Å². The molecule has 0 aliphatic heterocycles. The third-order valence-corrected chi connectivity index (χ3v) is 4.72. The molecular formula is C22H16N6O5. The van der Waals surface area contributed by atoms with Crippen molar-refractivity contribution >= 4 is 28.3 Å². The van der Waals surface area contributed by atoms with E-state index in [1.165, 1.54) is 42.7 Å². The zero-order valence-electron chi connectivity index (χ0n) is 16.9. The Hall–Kier alpha value is -4.77. The number of carbonyl (C=O) groups is 1. The number of aliphatic hydroxyl groups is 1. The Kier molecular flexibility index (Phi) is 5.96. The van der Waals surface area contributed by atoms with Gasteiger partial charge in [0.25, 0.3) is 17.2 Å². The van der Waals surface area contributed by atoms with Gasteiger partial charge in [0, 0.05) is 30.1 Å². The van der Waals surface area contributed by atoms with E-state index in [0.717, 1.165) is 0 Å². The lowest BCUT2D eigenvalue weighted by molar-refractivity contribution is -0.384. The van der Waals surface area contributed by atoms with E-state index in [1.807, 2.05) is 0 Å². The number of benzene rings is 2. The van der Waals surface area contributed by atoms with E-state index in [-0.39, 0.29) is 33.7 Å². The molecule has 2 aromatic heterocycles. The number of nitro benzene ring substituents is 1. The Labute approximate surface area is 185 Å². The SMILES string of the molecule is O=C(N/N=C(\c1nc2ccc([N+](=O)[O-])cc2[nH]c1=O)[C@@H](O)c1ccccc1)c1ccncc1. The van der Waals surface area contributed by atoms with Gasteiger partial charge in [0.2, 0.25) is 0 Å². The van der Waals surface area contributed by atoms with Crippen molar-refractivity contribution in [1.29, 1.82) is 0 Å². The van der Waals surface area contributed by atoms with Crippen LogP contribution in [0.2, 0.25) is 0 Å². The molecule has 33 heavy (non-hydrogen) atoms. The lowest BCUT2D eigenvalue weighted by Crippen LogP contribution is -2.29. The maximum atomic E-state index is 12.8. The van der Waals surface area contributed by atoms with Crippen LogP contribution in [0.1, 0.15) is 27.7 Å². The van der Waals surface area contributed by atoms with Crippen LogP contribution < -0.4 is 11.0 Å². The van der Waals surface area contributed by atoms with Gasteiger partial charge in [0.15, 0.2) is 5.69 Å². The average Bonchev–Trinajstić information content (AvgIpc) is 2.84. The molecule has 1 amide bonds. The summed E-state index contributed by atoms with van der Waals surface area (Å²) in [6.07, 6.45) is 1.48. The number of amides is 1. The van der Waals surface area contributed by atoms with E-state index in [2.05, 4.69) is 25.5 Å². The van der Waals surface area contributed by atoms with Gasteiger partial charge in [-0.15, -0.1) is 0 Å². The molecule has 11 nitrogen and oxygen atoms in total. The zero-order chi connectivity index (χ0) is 23.4. The number of fused-ring (bicyclic) bond motifs is 1. The smallest absolute Gasteiger partial charge is 0.276 e. The first kappa shape index (κ1) is 21.5. The molecule has 0 saturated carbocycles. The van der Waals surface area contributed by atoms with Crippen LogP contribution in [0.15, 0.2) is 83.0 Å². The van der Waals surface area contributed by atoms with Gasteiger partial charge in [0.1, 0.15) is 11.8 Å². The molecule has 0 saturated heterocycles. The number of aromatic amines is 1. The van der Waals surface area contributed by atoms with Crippen molar-refractivity contribution in [2.24, 2.45) is 5.10 Å². The number of aliphatic hydroxyl groups excluding tert-OH is 1. The first-order valence-corrected chi connectivity index (χ1v) is 9.64. The number of hydrogen-bond acceptors (Lipinski definition) is 8. The normalized spacial score (nSPS) is 12.3. The first-order valence-electron chi connectivity index (χ1n) is 9.64. The Balaban J connectivity index is 1.80. The number of nitro groups is 1. The number of hydrogen-bond donors (Lipinski definition) is 3. The summed E-state index contributed by atoms with van der Waals surface area (Å²) in [5.74, 6) is -0.581. The summed E-state index contributed by atoms with van der Waals surface area (Å²) in [7, 11) is 0. The van der Waals surface area contributed by atoms with Crippen LogP contribution >= 0.6 is 0 Å². The van der Waals surface area contributed by atoms with Crippen LogP contribution in [0.3, 0.4) is 0 Å². The average molecular weight is 444 g/mol. The van der Waals surface area contributed by atoms with E-state index in [0.29, 0.717) is 5.56 Å². The molecule has 0 radical (unpaired) electrons. The quantitative estimate of drug-likeness (QED) is 0.233. The van der Waals surface area contributed by atoms with Gasteiger partial charge in [-0.25, -0.2) is 10.4 Å². The minimum Gasteiger partial charge on any atom is -0.382 e. The standard InChI is InChI=1S/C22H16N6O5/c29-20(13-4-2-1-3-5-13)18(26-27-21(30)14-8-10-23-11-9-14)19-22(31)25-17-12-15(28(32)33)6-7-16(17)24-19/h1-12,20,29H,(H,25,31)(H,27,30)/b26-18+/t20-/m0/s1. The number of nitrogens with zero attached hydrogens (tertiary/aromatic N) is 4. The minimum atomic E-state index is -1.40. The molecule has 0 spiro atoms. The van der Waals surface area contributed by atoms with Gasteiger partial charge < -0.3 is 10.1 Å². The third-order valence-electron chi connectivity index (χ3n) is 4.72. The first-order chi connectivity index (χ1) is 15.9. The third kappa shape index (κ3) is 4.62. The lowest BCUT2D eigenvalue weighted by atomic mass is 10.0. The molecule has 164 valence electrons. The van der Waals surface area contributed by atoms with Gasteiger partial charge in [-0.3, -0.25) is 24.7 Å². The molecule has 3 N–H and O–H groups in total. The van der Waals surface area contributed by atoms with E-state index in [4.69, 9.17) is 0 Å². The molecule has 11 heteroatoms. The number of nitrogens with one attached hydrogen (secondary N) is 2. The Morgan fingerprint density at radius 1 is 1.12 bits per heavy atom. The van der Waals surface area contributed by atoms with Crippen molar-refractivity contribution in [3.8, 4) is 0 Å². The number of non-ortho nitro benzene ring substituents is 1. The van der Waals surface area contributed by atoms with Crippen LogP contribution in [-0.2, 0) is 0 Å². The Morgan fingerprint density at radius 2 is 1.85 bits per heavy atom. The second-order valence-corrected chi connectivity index (χ2v) is 6.86. The van der Waals surface area contributed by atoms with Crippen molar-refractivity contribution in [2.75, 3.05) is 0 Å². The fourth-order valence-corrected chi connectivity index (χ4v) is 3.08. The summed E-state index contributed by atoms with van der Waals surface area (Å²) in [4.78, 5) is 46.3. The second kappa shape index (κ2) is 9.16. The molecule has 4 aromatic rings. The lowest BCUT2D eigenvalue weighted by Gasteiger charge is -2.14. The maximum Gasteiger partial charge on any atom is 0.276 e. The maximum absolute atomic E-state index is 12.8. The van der Waals surface area contributed by atoms with Gasteiger partial charge in [-0.05, 0) is 23.8 Å². The summed E-state index contributed by atoms with van der Waals surface area (Å²) < 4.78 is 0. The fourth-order valence-electron chi connectivity index (χ4n) is 3.08. The molecule has 1 atom stereocenters. The number of pyridine rings is 1. The van der Waals surface area contributed by atoms with Crippen LogP contribution in [0.25, 0.3) is 11.0 Å². The highest BCUT2D eigenvalue weighted by molar-refractivity contribution is 6.04. The molecule has 2 aromatic carbocycles. The van der Waals surface area contributed by atoms with Gasteiger partial charge >= 0.3 is 0 Å². The van der Waals surface area contributed by atoms with Gasteiger partial charge in [-0.1, -0.05) is 30.3 Å². The van der Waals surface area contributed by atoms with Crippen LogP contribution in [0.5, 0.6) is 0 Å². The highest BCUT2D eigenvalue weighted by Crippen LogP contribution is 2.20. The molecule has 0 aliphatic carbocycles. The van der Waals surface area contributed by atoms with Crippen molar-refractivity contribution in [3.63, 3.8) is 0 Å². The van der Waals surface area contributed by atoms with E-state index in [1.54, 1.807) is 30.3 Å². The van der Waals surface area contributed by atoms with E-state index in [9.17, 15) is 24.8 Å². The summed E-state index contributed by atoms with van der Waals surface area (Å²) in [5.41, 5.74) is 2.00. The largest absolute Gasteiger partial charge is 0.382 e. The molecular weight excluding hydrogens is 428 g/mol. The number of H-pyrrole nitrogens is 1. The predicted octanol–water partition coefficient (Wildman–Crippen LogP) is 2.09. The fraction of sp³-hybridized carbons (Fsp3) is 0.0455. The number of rotatable bonds is 6. The number of hydrazone groups is 1. The van der Waals surface area contributed by atoms with Gasteiger partial charge in [0.05, 0.1) is 16.0 Å². The molecule has 2 heterocycles. The van der Waals surface area contributed by atoms with E-state index < -0.39 is 22.5 Å². The molecule has 4 rings (SSSR count). The van der Waals surface area contributed by atoms with Crippen LogP contribution in [0, 0.1) is 10.1 Å². The highest BCUT2D eigenvalue weighted by Gasteiger charge is 2.23. The predicted molar refractivity (Wildman–Crippen MR) is 119 cm³/mol. The summed E-state index contributed by atoms with van der Waals surface area (Å²) in [6.45, 7) is 0. The van der Waals surface area contributed by atoms with Crippen molar-refractivity contribution in [1.82, 2.24) is 20.4 Å². The van der Waals surface area contributed by atoms with Crippen molar-refractivity contribution in [2.45, 2.75) is 6.10 Å². The molecule has 0 aliphatic rings. The summed E-state index contributed by atoms with van der Waals surface area (Å²) >= 11 is 0. The molecule has 0 fully saturated rings. The Bertz CT molecular complexity index is 1420. The summed E-state index contributed by atoms with van der Waals surface area (Å²) in [6, 6.07) is 15.2. The van der Waals surface area contributed by atoms with E-state index >= 15 is 0 Å². The van der Waals surface area contributed by atoms with Gasteiger partial charge in [-0.2, -0.15) is 5.10 Å². The van der Waals surface area contributed by atoms with Crippen LogP contribution in [0.4, 0.5) is 5.69 Å². The monoisotopic (exact) mass is 444 g/mol. The highest BCUT2D eigenvalue weighted by atomic mass is 16.6. The van der Waals surface area contributed by atoms with Crippen molar-refractivity contribution in [3.05, 3.63) is 110 Å². The zero-order valence-corrected chi connectivity index (χ0v) is 16.9.